The van der Waals surface area contributed by atoms with E-state index in [1.165, 1.54) is 0 Å². The number of hydrogen-bond donors (Lipinski definition) is 1. The highest BCUT2D eigenvalue weighted by Crippen LogP contribution is 2.19. The fourth-order valence-corrected chi connectivity index (χ4v) is 3.15. The van der Waals surface area contributed by atoms with Crippen molar-refractivity contribution in [2.75, 3.05) is 26.3 Å². The van der Waals surface area contributed by atoms with Gasteiger partial charge in [-0.2, -0.15) is 0 Å². The van der Waals surface area contributed by atoms with Crippen LogP contribution in [0.1, 0.15) is 49.9 Å². The van der Waals surface area contributed by atoms with E-state index in [4.69, 9.17) is 9.47 Å². The van der Waals surface area contributed by atoms with Crippen LogP contribution in [0.2, 0.25) is 0 Å². The Kier molecular flexibility index (Phi) is 8.10. The molecule has 0 bridgehead atoms. The maximum atomic E-state index is 12.3. The third-order valence-electron chi connectivity index (χ3n) is 4.60. The number of carbonyl (C=O) groups excluding carboxylic acids is 3. The Bertz CT molecular complexity index is 644. The van der Waals surface area contributed by atoms with Gasteiger partial charge in [-0.3, -0.25) is 14.4 Å². The second kappa shape index (κ2) is 10.5. The summed E-state index contributed by atoms with van der Waals surface area (Å²) < 4.78 is 10.3. The summed E-state index contributed by atoms with van der Waals surface area (Å²) in [4.78, 5) is 37.9. The van der Waals surface area contributed by atoms with Crippen molar-refractivity contribution in [2.24, 2.45) is 0 Å². The Hall–Kier alpha value is -2.57. The molecule has 7 nitrogen and oxygen atoms in total. The summed E-state index contributed by atoms with van der Waals surface area (Å²) in [5, 5.41) is 2.49. The Morgan fingerprint density at radius 1 is 1.15 bits per heavy atom. The molecule has 27 heavy (non-hydrogen) atoms. The molecule has 148 valence electrons. The van der Waals surface area contributed by atoms with Gasteiger partial charge in [-0.25, -0.2) is 0 Å². The van der Waals surface area contributed by atoms with Gasteiger partial charge in [0.2, 0.25) is 0 Å². The van der Waals surface area contributed by atoms with Crippen LogP contribution in [0.5, 0.6) is 5.75 Å². The predicted molar refractivity (Wildman–Crippen MR) is 101 cm³/mol. The lowest BCUT2D eigenvalue weighted by molar-refractivity contribution is -0.152. The van der Waals surface area contributed by atoms with Gasteiger partial charge in [0.1, 0.15) is 12.3 Å². The zero-order valence-corrected chi connectivity index (χ0v) is 16.0. The number of benzene rings is 1. The minimum Gasteiger partial charge on any atom is -0.494 e. The van der Waals surface area contributed by atoms with Crippen molar-refractivity contribution in [1.82, 2.24) is 10.2 Å². The average Bonchev–Trinajstić information content (AvgIpc) is 2.71. The third kappa shape index (κ3) is 6.27. The summed E-state index contributed by atoms with van der Waals surface area (Å²) in [5.74, 6) is -0.515. The quantitative estimate of drug-likeness (QED) is 0.703. The van der Waals surface area contributed by atoms with Crippen molar-refractivity contribution in [3.63, 3.8) is 0 Å². The van der Waals surface area contributed by atoms with Crippen LogP contribution in [0, 0.1) is 0 Å². The van der Waals surface area contributed by atoms with Crippen LogP contribution >= 0.6 is 0 Å². The fraction of sp³-hybridized carbons (Fsp3) is 0.550. The van der Waals surface area contributed by atoms with Gasteiger partial charge < -0.3 is 19.7 Å². The van der Waals surface area contributed by atoms with E-state index in [0.717, 1.165) is 25.7 Å². The summed E-state index contributed by atoms with van der Waals surface area (Å²) in [6.07, 6.45) is 4.00. The minimum absolute atomic E-state index is 0.173. The Balaban J connectivity index is 1.73. The van der Waals surface area contributed by atoms with E-state index in [1.54, 1.807) is 29.2 Å². The predicted octanol–water partition coefficient (Wildman–Crippen LogP) is 2.15. The second-order valence-corrected chi connectivity index (χ2v) is 6.45. The number of nitrogens with zero attached hydrogens (tertiary/aromatic N) is 1. The van der Waals surface area contributed by atoms with Crippen LogP contribution in [0.25, 0.3) is 0 Å². The molecule has 1 fully saturated rings. The lowest BCUT2D eigenvalue weighted by atomic mass is 10.00. The highest BCUT2D eigenvalue weighted by Gasteiger charge is 2.25. The second-order valence-electron chi connectivity index (χ2n) is 6.45. The zero-order chi connectivity index (χ0) is 19.6. The molecule has 0 aliphatic carbocycles. The topological polar surface area (TPSA) is 84.9 Å². The summed E-state index contributed by atoms with van der Waals surface area (Å²) in [6, 6.07) is 6.85. The van der Waals surface area contributed by atoms with E-state index in [1.807, 2.05) is 6.92 Å². The van der Waals surface area contributed by atoms with Crippen molar-refractivity contribution in [1.29, 1.82) is 0 Å². The van der Waals surface area contributed by atoms with Gasteiger partial charge in [-0.1, -0.05) is 6.92 Å². The summed E-state index contributed by atoms with van der Waals surface area (Å²) >= 11 is 0. The Morgan fingerprint density at radius 3 is 2.56 bits per heavy atom. The van der Waals surface area contributed by atoms with Crippen molar-refractivity contribution >= 4 is 17.8 Å². The number of ether oxygens (including phenoxy) is 2. The summed E-state index contributed by atoms with van der Waals surface area (Å²) in [5.41, 5.74) is 0.418. The van der Waals surface area contributed by atoms with Gasteiger partial charge in [-0.05, 0) is 56.9 Å². The molecule has 0 saturated carbocycles. The maximum absolute atomic E-state index is 12.3. The smallest absolute Gasteiger partial charge is 0.325 e. The molecular weight excluding hydrogens is 348 g/mol. The molecule has 7 heteroatoms. The van der Waals surface area contributed by atoms with Crippen LogP contribution in [-0.2, 0) is 14.3 Å². The molecule has 0 aromatic heterocycles. The molecular formula is C20H28N2O5. The van der Waals surface area contributed by atoms with Gasteiger partial charge in [0, 0.05) is 18.2 Å². The Morgan fingerprint density at radius 2 is 1.89 bits per heavy atom. The molecule has 1 atom stereocenters. The van der Waals surface area contributed by atoms with E-state index in [-0.39, 0.29) is 31.0 Å². The molecule has 1 aliphatic heterocycles. The molecule has 0 radical (unpaired) electrons. The third-order valence-corrected chi connectivity index (χ3v) is 4.60. The molecule has 2 rings (SSSR count). The molecule has 1 N–H and O–H groups in total. The molecule has 1 aliphatic rings. The van der Waals surface area contributed by atoms with Crippen molar-refractivity contribution in [3.8, 4) is 5.75 Å². The van der Waals surface area contributed by atoms with E-state index in [2.05, 4.69) is 12.2 Å². The fourth-order valence-electron chi connectivity index (χ4n) is 3.15. The number of likely N-dealkylation sites (tertiary alicyclic amines) is 1. The van der Waals surface area contributed by atoms with Crippen molar-refractivity contribution in [2.45, 2.75) is 45.6 Å². The average molecular weight is 376 g/mol. The standard InChI is InChI=1S/C20H28N2O5/c1-3-16-7-5-6-12-22(16)18(23)14-27-19(24)13-21-20(25)15-8-10-17(11-9-15)26-4-2/h8-11,16H,3-7,12-14H2,1-2H3,(H,21,25)/t16-/m0/s1. The number of amides is 2. The molecule has 2 amide bonds. The van der Waals surface area contributed by atoms with Crippen molar-refractivity contribution < 1.29 is 23.9 Å². The monoisotopic (exact) mass is 376 g/mol. The van der Waals surface area contributed by atoms with Crippen LogP contribution < -0.4 is 10.1 Å². The first kappa shape index (κ1) is 20.7. The van der Waals surface area contributed by atoms with Gasteiger partial charge in [0.15, 0.2) is 6.61 Å². The molecule has 1 aromatic rings. The Labute approximate surface area is 160 Å². The number of carbonyl (C=O) groups is 3. The zero-order valence-electron chi connectivity index (χ0n) is 16.0. The van der Waals surface area contributed by atoms with Crippen LogP contribution in [0.15, 0.2) is 24.3 Å². The largest absolute Gasteiger partial charge is 0.494 e. The van der Waals surface area contributed by atoms with E-state index in [9.17, 15) is 14.4 Å². The van der Waals surface area contributed by atoms with E-state index < -0.39 is 5.97 Å². The minimum atomic E-state index is -0.632. The number of piperidine rings is 1. The highest BCUT2D eigenvalue weighted by atomic mass is 16.5. The molecule has 0 spiro atoms. The number of nitrogens with one attached hydrogen (secondary N) is 1. The van der Waals surface area contributed by atoms with Gasteiger partial charge in [0.05, 0.1) is 6.61 Å². The van der Waals surface area contributed by atoms with Gasteiger partial charge in [-0.15, -0.1) is 0 Å². The summed E-state index contributed by atoms with van der Waals surface area (Å²) in [7, 11) is 0. The molecule has 1 saturated heterocycles. The molecule has 1 aromatic carbocycles. The molecule has 0 unspecified atom stereocenters. The normalized spacial score (nSPS) is 16.5. The lowest BCUT2D eigenvalue weighted by Gasteiger charge is -2.35. The number of esters is 1. The number of hydrogen-bond acceptors (Lipinski definition) is 5. The van der Waals surface area contributed by atoms with E-state index in [0.29, 0.717) is 24.5 Å². The maximum Gasteiger partial charge on any atom is 0.325 e. The van der Waals surface area contributed by atoms with Gasteiger partial charge in [0.25, 0.3) is 11.8 Å². The van der Waals surface area contributed by atoms with Crippen LogP contribution in [0.4, 0.5) is 0 Å². The van der Waals surface area contributed by atoms with E-state index >= 15 is 0 Å². The van der Waals surface area contributed by atoms with Crippen molar-refractivity contribution in [3.05, 3.63) is 29.8 Å². The highest BCUT2D eigenvalue weighted by molar-refractivity contribution is 5.96. The first-order valence-corrected chi connectivity index (χ1v) is 9.51. The first-order chi connectivity index (χ1) is 13.0. The molecule has 1 heterocycles. The first-order valence-electron chi connectivity index (χ1n) is 9.51. The van der Waals surface area contributed by atoms with Gasteiger partial charge >= 0.3 is 5.97 Å². The number of rotatable bonds is 8. The lowest BCUT2D eigenvalue weighted by Crippen LogP contribution is -2.45. The summed E-state index contributed by atoms with van der Waals surface area (Å²) in [6.45, 7) is 4.63. The van der Waals surface area contributed by atoms with Crippen LogP contribution in [0.3, 0.4) is 0 Å². The SMILES string of the molecule is CCOc1ccc(C(=O)NCC(=O)OCC(=O)N2CCCC[C@@H]2CC)cc1. The van der Waals surface area contributed by atoms with Crippen LogP contribution in [-0.4, -0.2) is 55.0 Å².